The normalized spacial score (nSPS) is 11.0. The monoisotopic (exact) mass is 316 g/mol. The number of hydrogen-bond acceptors (Lipinski definition) is 0. The Bertz CT molecular complexity index is 417. The van der Waals surface area contributed by atoms with Gasteiger partial charge in [0, 0.05) is 11.5 Å². The average Bonchev–Trinajstić information content (AvgIpc) is 2.55. The summed E-state index contributed by atoms with van der Waals surface area (Å²) in [6, 6.07) is 8.63. The van der Waals surface area contributed by atoms with Crippen molar-refractivity contribution in [2.75, 3.05) is 0 Å². The molecule has 0 heterocycles. The Kier molecular flexibility index (Phi) is 15.0. The molecular formula is C23H40. The van der Waals surface area contributed by atoms with E-state index in [0.717, 1.165) is 17.4 Å². The van der Waals surface area contributed by atoms with Crippen LogP contribution in [-0.2, 0) is 0 Å². The summed E-state index contributed by atoms with van der Waals surface area (Å²) in [7, 11) is 0. The number of hydrogen-bond donors (Lipinski definition) is 0. The highest BCUT2D eigenvalue weighted by atomic mass is 14.1. The smallest absolute Gasteiger partial charge is 0.0245 e. The third-order valence-electron chi connectivity index (χ3n) is 3.93. The minimum Gasteiger partial charge on any atom is -0.0951 e. The van der Waals surface area contributed by atoms with Crippen molar-refractivity contribution < 1.29 is 0 Å². The van der Waals surface area contributed by atoms with Crippen LogP contribution in [0.1, 0.15) is 92.7 Å². The molecule has 1 unspecified atom stereocenters. The average molecular weight is 317 g/mol. The molecule has 0 fully saturated rings. The minimum absolute atomic E-state index is 0.444. The lowest BCUT2D eigenvalue weighted by Gasteiger charge is -2.07. The third-order valence-corrected chi connectivity index (χ3v) is 3.93. The summed E-state index contributed by atoms with van der Waals surface area (Å²) >= 11 is 0. The first-order chi connectivity index (χ1) is 10.8. The van der Waals surface area contributed by atoms with E-state index in [0.29, 0.717) is 11.8 Å². The van der Waals surface area contributed by atoms with Crippen molar-refractivity contribution in [3.8, 4) is 11.8 Å². The van der Waals surface area contributed by atoms with E-state index in [2.05, 4.69) is 91.5 Å². The Morgan fingerprint density at radius 3 is 1.52 bits per heavy atom. The SMILES string of the molecule is CC.CC(C)C(C)C.CCC(C)c1ccc(C#CC(C)C)cc1. The quantitative estimate of drug-likeness (QED) is 0.505. The Balaban J connectivity index is 0. The summed E-state index contributed by atoms with van der Waals surface area (Å²) in [4.78, 5) is 0. The Morgan fingerprint density at radius 2 is 1.22 bits per heavy atom. The third kappa shape index (κ3) is 13.0. The van der Waals surface area contributed by atoms with Crippen LogP contribution >= 0.6 is 0 Å². The lowest BCUT2D eigenvalue weighted by Crippen LogP contribution is -1.95. The van der Waals surface area contributed by atoms with Crippen LogP contribution in [0.4, 0.5) is 0 Å². The first-order valence-electron chi connectivity index (χ1n) is 9.39. The van der Waals surface area contributed by atoms with E-state index in [1.54, 1.807) is 0 Å². The Morgan fingerprint density at radius 1 is 0.783 bits per heavy atom. The van der Waals surface area contributed by atoms with E-state index in [9.17, 15) is 0 Å². The van der Waals surface area contributed by atoms with Crippen molar-refractivity contribution in [3.63, 3.8) is 0 Å². The maximum absolute atomic E-state index is 3.18. The topological polar surface area (TPSA) is 0 Å². The lowest BCUT2D eigenvalue weighted by atomic mass is 9.98. The fraction of sp³-hybridized carbons (Fsp3) is 0.652. The van der Waals surface area contributed by atoms with Gasteiger partial charge < -0.3 is 0 Å². The van der Waals surface area contributed by atoms with Gasteiger partial charge in [0.25, 0.3) is 0 Å². The van der Waals surface area contributed by atoms with Gasteiger partial charge in [0.2, 0.25) is 0 Å². The molecule has 0 amide bonds. The molecule has 23 heavy (non-hydrogen) atoms. The molecule has 0 N–H and O–H groups in total. The molecule has 0 radical (unpaired) electrons. The second kappa shape index (κ2) is 14.4. The molecule has 1 atom stereocenters. The molecular weight excluding hydrogens is 276 g/mol. The van der Waals surface area contributed by atoms with Gasteiger partial charge >= 0.3 is 0 Å². The van der Waals surface area contributed by atoms with Gasteiger partial charge in [-0.25, -0.2) is 0 Å². The fourth-order valence-corrected chi connectivity index (χ4v) is 1.36. The second-order valence-electron chi connectivity index (χ2n) is 6.84. The van der Waals surface area contributed by atoms with E-state index >= 15 is 0 Å². The molecule has 0 aliphatic heterocycles. The molecule has 0 nitrogen and oxygen atoms in total. The van der Waals surface area contributed by atoms with Crippen molar-refractivity contribution in [1.29, 1.82) is 0 Å². The highest BCUT2D eigenvalue weighted by Crippen LogP contribution is 2.18. The van der Waals surface area contributed by atoms with Gasteiger partial charge in [-0.2, -0.15) is 0 Å². The first kappa shape index (κ1) is 24.0. The zero-order valence-corrected chi connectivity index (χ0v) is 17.3. The van der Waals surface area contributed by atoms with Crippen LogP contribution in [0.25, 0.3) is 0 Å². The van der Waals surface area contributed by atoms with E-state index in [-0.39, 0.29) is 0 Å². The van der Waals surface area contributed by atoms with Crippen LogP contribution in [0.3, 0.4) is 0 Å². The van der Waals surface area contributed by atoms with Crippen LogP contribution in [0.15, 0.2) is 24.3 Å². The minimum atomic E-state index is 0.444. The molecule has 1 aromatic rings. The van der Waals surface area contributed by atoms with Crippen LogP contribution < -0.4 is 0 Å². The molecule has 1 rings (SSSR count). The summed E-state index contributed by atoms with van der Waals surface area (Å²) < 4.78 is 0. The van der Waals surface area contributed by atoms with Crippen LogP contribution in [0.2, 0.25) is 0 Å². The maximum Gasteiger partial charge on any atom is 0.0245 e. The van der Waals surface area contributed by atoms with E-state index in [1.165, 1.54) is 12.0 Å². The molecule has 0 spiro atoms. The van der Waals surface area contributed by atoms with E-state index in [1.807, 2.05) is 13.8 Å². The standard InChI is InChI=1S/C15H20.C6H14.C2H6/c1-5-13(4)15-10-8-14(9-11-15)7-6-12(2)3;1-5(2)6(3)4;1-2/h8-13H,5H2,1-4H3;5-6H,1-4H3;1-2H3. The summed E-state index contributed by atoms with van der Waals surface area (Å²) in [5.41, 5.74) is 2.53. The van der Waals surface area contributed by atoms with Gasteiger partial charge in [-0.15, -0.1) is 0 Å². The Labute approximate surface area is 147 Å². The van der Waals surface area contributed by atoms with Crippen molar-refractivity contribution >= 4 is 0 Å². The van der Waals surface area contributed by atoms with Crippen molar-refractivity contribution in [1.82, 2.24) is 0 Å². The largest absolute Gasteiger partial charge is 0.0951 e. The summed E-state index contributed by atoms with van der Waals surface area (Å²) in [5, 5.41) is 0. The van der Waals surface area contributed by atoms with Crippen molar-refractivity contribution in [2.45, 2.75) is 81.6 Å². The fourth-order valence-electron chi connectivity index (χ4n) is 1.36. The molecule has 0 aliphatic rings. The van der Waals surface area contributed by atoms with Gasteiger partial charge in [0.05, 0.1) is 0 Å². The molecule has 0 aromatic heterocycles. The number of rotatable bonds is 3. The molecule has 1 aromatic carbocycles. The summed E-state index contributed by atoms with van der Waals surface area (Å²) in [6.45, 7) is 21.7. The maximum atomic E-state index is 3.18. The van der Waals surface area contributed by atoms with Gasteiger partial charge in [-0.05, 0) is 41.9 Å². The van der Waals surface area contributed by atoms with Gasteiger partial charge in [0.15, 0.2) is 0 Å². The Hall–Kier alpha value is -1.22. The number of benzene rings is 1. The zero-order valence-electron chi connectivity index (χ0n) is 17.3. The van der Waals surface area contributed by atoms with Gasteiger partial charge in [-0.3, -0.25) is 0 Å². The summed E-state index contributed by atoms with van der Waals surface area (Å²) in [5.74, 6) is 9.15. The van der Waals surface area contributed by atoms with E-state index < -0.39 is 0 Å². The van der Waals surface area contributed by atoms with Crippen molar-refractivity contribution in [3.05, 3.63) is 35.4 Å². The molecule has 132 valence electrons. The second-order valence-corrected chi connectivity index (χ2v) is 6.84. The highest BCUT2D eigenvalue weighted by Gasteiger charge is 2.01. The predicted octanol–water partition coefficient (Wildman–Crippen LogP) is 7.53. The predicted molar refractivity (Wildman–Crippen MR) is 108 cm³/mol. The van der Waals surface area contributed by atoms with Crippen LogP contribution in [-0.4, -0.2) is 0 Å². The van der Waals surface area contributed by atoms with Crippen LogP contribution in [0, 0.1) is 29.6 Å². The molecule has 0 aliphatic carbocycles. The molecule has 0 heteroatoms. The van der Waals surface area contributed by atoms with Crippen molar-refractivity contribution in [2.24, 2.45) is 17.8 Å². The molecule has 0 saturated heterocycles. The highest BCUT2D eigenvalue weighted by molar-refractivity contribution is 5.37. The summed E-state index contributed by atoms with van der Waals surface area (Å²) in [6.07, 6.45) is 1.19. The van der Waals surface area contributed by atoms with Gasteiger partial charge in [-0.1, -0.05) is 93.2 Å². The zero-order chi connectivity index (χ0) is 18.4. The van der Waals surface area contributed by atoms with Crippen LogP contribution in [0.5, 0.6) is 0 Å². The van der Waals surface area contributed by atoms with Gasteiger partial charge in [0.1, 0.15) is 0 Å². The lowest BCUT2D eigenvalue weighted by molar-refractivity contribution is 0.457. The van der Waals surface area contributed by atoms with E-state index in [4.69, 9.17) is 0 Å². The first-order valence-corrected chi connectivity index (χ1v) is 9.39. The molecule has 0 bridgehead atoms. The molecule has 0 saturated carbocycles.